The molecule has 0 aromatic rings. The summed E-state index contributed by atoms with van der Waals surface area (Å²) in [7, 11) is 0. The van der Waals surface area contributed by atoms with Gasteiger partial charge in [0.25, 0.3) is 0 Å². The number of nitrogens with one attached hydrogen (secondary N) is 1. The van der Waals surface area contributed by atoms with Crippen LogP contribution >= 0.6 is 0 Å². The molecule has 0 spiro atoms. The first-order chi connectivity index (χ1) is 3.93. The Morgan fingerprint density at radius 3 is 3.12 bits per heavy atom. The molecule has 1 saturated heterocycles. The zero-order valence-corrected chi connectivity index (χ0v) is 4.76. The summed E-state index contributed by atoms with van der Waals surface area (Å²) in [6.07, 6.45) is 1.33. The van der Waals surface area contributed by atoms with Crippen LogP contribution in [0, 0.1) is 0 Å². The van der Waals surface area contributed by atoms with E-state index >= 15 is 0 Å². The van der Waals surface area contributed by atoms with Crippen LogP contribution in [0.15, 0.2) is 5.16 Å². The summed E-state index contributed by atoms with van der Waals surface area (Å²) in [6, 6.07) is 0. The maximum atomic E-state index is 4.85. The summed E-state index contributed by atoms with van der Waals surface area (Å²) in [5.74, 6) is 0. The van der Waals surface area contributed by atoms with E-state index in [1.807, 2.05) is 0 Å². The van der Waals surface area contributed by atoms with Crippen LogP contribution in [-0.4, -0.2) is 25.9 Å². The molecule has 0 radical (unpaired) electrons. The molecule has 1 atom stereocenters. The van der Waals surface area contributed by atoms with Crippen molar-refractivity contribution >= 4 is 6.72 Å². The average Bonchev–Trinajstić information content (AvgIpc) is 2.19. The highest BCUT2D eigenvalue weighted by Gasteiger charge is 2.14. The van der Waals surface area contributed by atoms with Crippen LogP contribution in [0.4, 0.5) is 0 Å². The molecule has 1 rings (SSSR count). The second-order valence-corrected chi connectivity index (χ2v) is 1.85. The van der Waals surface area contributed by atoms with Crippen molar-refractivity contribution in [1.82, 2.24) is 5.32 Å². The minimum Gasteiger partial charge on any atom is -0.392 e. The van der Waals surface area contributed by atoms with E-state index in [1.165, 1.54) is 0 Å². The van der Waals surface area contributed by atoms with Gasteiger partial charge in [-0.15, -0.1) is 5.16 Å². The summed E-state index contributed by atoms with van der Waals surface area (Å²) in [5, 5.41) is 6.47. The molecule has 0 aromatic heterocycles. The molecular formula is C5H10N2O. The fourth-order valence-corrected chi connectivity index (χ4v) is 0.824. The fourth-order valence-electron chi connectivity index (χ4n) is 0.824. The minimum absolute atomic E-state index is 0.271. The summed E-state index contributed by atoms with van der Waals surface area (Å²) in [6.45, 7) is 5.18. The molecule has 0 aromatic carbocycles. The first kappa shape index (κ1) is 5.56. The Bertz CT molecular complexity index is 78.5. The molecule has 1 aliphatic heterocycles. The van der Waals surface area contributed by atoms with Crippen LogP contribution < -0.4 is 5.32 Å². The molecule has 3 nitrogen and oxygen atoms in total. The first-order valence-corrected chi connectivity index (χ1v) is 2.76. The lowest BCUT2D eigenvalue weighted by Crippen LogP contribution is -2.13. The number of oxime groups is 1. The van der Waals surface area contributed by atoms with E-state index in [2.05, 4.69) is 17.2 Å². The summed E-state index contributed by atoms with van der Waals surface area (Å²) in [5.41, 5.74) is 0. The molecule has 0 bridgehead atoms. The third kappa shape index (κ3) is 1.20. The van der Waals surface area contributed by atoms with Gasteiger partial charge in [0, 0.05) is 19.7 Å². The third-order valence-electron chi connectivity index (χ3n) is 1.24. The zero-order chi connectivity index (χ0) is 5.82. The highest BCUT2D eigenvalue weighted by Crippen LogP contribution is 2.01. The maximum absolute atomic E-state index is 4.85. The van der Waals surface area contributed by atoms with E-state index in [0.29, 0.717) is 0 Å². The number of nitrogens with zero attached hydrogens (tertiary/aromatic N) is 1. The van der Waals surface area contributed by atoms with Crippen molar-refractivity contribution in [1.29, 1.82) is 0 Å². The second-order valence-electron chi connectivity index (χ2n) is 1.85. The van der Waals surface area contributed by atoms with Gasteiger partial charge in [0.05, 0.1) is 0 Å². The standard InChI is InChI=1S/C5H10N2O/c1-6-8-5-2-3-7-4-5/h5,7H,1-4H2/t5-/m1/s1. The minimum atomic E-state index is 0.271. The number of rotatable bonds is 2. The average molecular weight is 114 g/mol. The van der Waals surface area contributed by atoms with Gasteiger partial charge in [-0.1, -0.05) is 0 Å². The van der Waals surface area contributed by atoms with Crippen molar-refractivity contribution in [2.45, 2.75) is 12.5 Å². The molecule has 8 heavy (non-hydrogen) atoms. The predicted molar refractivity (Wildman–Crippen MR) is 31.9 cm³/mol. The fraction of sp³-hybridized carbons (Fsp3) is 0.800. The lowest BCUT2D eigenvalue weighted by molar-refractivity contribution is 0.0757. The van der Waals surface area contributed by atoms with E-state index in [9.17, 15) is 0 Å². The largest absolute Gasteiger partial charge is 0.392 e. The van der Waals surface area contributed by atoms with Crippen LogP contribution in [0.25, 0.3) is 0 Å². The molecule has 0 amide bonds. The Balaban J connectivity index is 2.14. The Morgan fingerprint density at radius 2 is 2.62 bits per heavy atom. The van der Waals surface area contributed by atoms with E-state index < -0.39 is 0 Å². The maximum Gasteiger partial charge on any atom is 0.141 e. The van der Waals surface area contributed by atoms with Crippen LogP contribution in [0.2, 0.25) is 0 Å². The highest BCUT2D eigenvalue weighted by molar-refractivity contribution is 5.21. The molecule has 0 aliphatic carbocycles. The molecular weight excluding hydrogens is 104 g/mol. The molecule has 0 unspecified atom stereocenters. The molecule has 3 heteroatoms. The van der Waals surface area contributed by atoms with Crippen LogP contribution in [0.1, 0.15) is 6.42 Å². The Labute approximate surface area is 48.7 Å². The second kappa shape index (κ2) is 2.67. The molecule has 1 aliphatic rings. The lowest BCUT2D eigenvalue weighted by atomic mass is 10.3. The predicted octanol–water partition coefficient (Wildman–Crippen LogP) is -0.0195. The Kier molecular flexibility index (Phi) is 1.86. The van der Waals surface area contributed by atoms with Crippen LogP contribution in [-0.2, 0) is 4.84 Å². The number of hydrogen-bond acceptors (Lipinski definition) is 3. The SMILES string of the molecule is C=NO[C@@H]1CCNC1. The zero-order valence-electron chi connectivity index (χ0n) is 4.76. The topological polar surface area (TPSA) is 33.6 Å². The normalized spacial score (nSPS) is 27.8. The highest BCUT2D eigenvalue weighted by atomic mass is 16.6. The van der Waals surface area contributed by atoms with E-state index in [0.717, 1.165) is 19.5 Å². The Hall–Kier alpha value is -0.570. The van der Waals surface area contributed by atoms with Gasteiger partial charge in [0.1, 0.15) is 6.10 Å². The van der Waals surface area contributed by atoms with Gasteiger partial charge >= 0.3 is 0 Å². The van der Waals surface area contributed by atoms with Gasteiger partial charge in [-0.2, -0.15) is 0 Å². The quantitative estimate of drug-likeness (QED) is 0.404. The van der Waals surface area contributed by atoms with Crippen molar-refractivity contribution in [2.75, 3.05) is 13.1 Å². The monoisotopic (exact) mass is 114 g/mol. The van der Waals surface area contributed by atoms with Crippen LogP contribution in [0.3, 0.4) is 0 Å². The molecule has 1 N–H and O–H groups in total. The Morgan fingerprint density at radius 1 is 1.75 bits per heavy atom. The molecule has 1 fully saturated rings. The molecule has 46 valence electrons. The van der Waals surface area contributed by atoms with Crippen molar-refractivity contribution in [3.8, 4) is 0 Å². The first-order valence-electron chi connectivity index (χ1n) is 2.76. The van der Waals surface area contributed by atoms with E-state index in [4.69, 9.17) is 4.84 Å². The van der Waals surface area contributed by atoms with Gasteiger partial charge in [-0.3, -0.25) is 0 Å². The smallest absolute Gasteiger partial charge is 0.141 e. The van der Waals surface area contributed by atoms with Gasteiger partial charge in [0.15, 0.2) is 0 Å². The van der Waals surface area contributed by atoms with E-state index in [-0.39, 0.29) is 6.10 Å². The van der Waals surface area contributed by atoms with Crippen molar-refractivity contribution in [2.24, 2.45) is 5.16 Å². The van der Waals surface area contributed by atoms with Crippen molar-refractivity contribution in [3.05, 3.63) is 0 Å². The van der Waals surface area contributed by atoms with E-state index in [1.54, 1.807) is 0 Å². The molecule has 0 saturated carbocycles. The number of hydrogen-bond donors (Lipinski definition) is 1. The van der Waals surface area contributed by atoms with Gasteiger partial charge in [-0.25, -0.2) is 0 Å². The lowest BCUT2D eigenvalue weighted by Gasteiger charge is -2.02. The van der Waals surface area contributed by atoms with Crippen LogP contribution in [0.5, 0.6) is 0 Å². The third-order valence-corrected chi connectivity index (χ3v) is 1.24. The summed E-state index contributed by atoms with van der Waals surface area (Å²) >= 11 is 0. The van der Waals surface area contributed by atoms with Gasteiger partial charge in [0.2, 0.25) is 0 Å². The van der Waals surface area contributed by atoms with Gasteiger partial charge in [-0.05, 0) is 6.54 Å². The van der Waals surface area contributed by atoms with Crippen molar-refractivity contribution in [3.63, 3.8) is 0 Å². The van der Waals surface area contributed by atoms with Crippen molar-refractivity contribution < 1.29 is 4.84 Å². The summed E-state index contributed by atoms with van der Waals surface area (Å²) < 4.78 is 0. The van der Waals surface area contributed by atoms with Gasteiger partial charge < -0.3 is 10.2 Å². The molecule has 1 heterocycles. The summed E-state index contributed by atoms with van der Waals surface area (Å²) in [4.78, 5) is 4.85.